The van der Waals surface area contributed by atoms with Crippen LogP contribution >= 0.6 is 0 Å². The molecule has 0 aliphatic rings. The van der Waals surface area contributed by atoms with Crippen molar-refractivity contribution in [3.63, 3.8) is 0 Å². The minimum absolute atomic E-state index is 0.165. The van der Waals surface area contributed by atoms with Gasteiger partial charge in [-0.25, -0.2) is 0 Å². The van der Waals surface area contributed by atoms with E-state index >= 15 is 0 Å². The highest BCUT2D eigenvalue weighted by atomic mass is 16.5. The van der Waals surface area contributed by atoms with E-state index < -0.39 is 11.8 Å². The fourth-order valence-electron chi connectivity index (χ4n) is 1.05. The Morgan fingerprint density at radius 2 is 2.06 bits per heavy atom. The number of carbonyl (C=O) groups is 2. The molecule has 8 heteroatoms. The van der Waals surface area contributed by atoms with Gasteiger partial charge in [0.05, 0.1) is 12.5 Å². The molecule has 1 unspecified atom stereocenters. The second-order valence-corrected chi connectivity index (χ2v) is 3.63. The van der Waals surface area contributed by atoms with Crippen LogP contribution in [0.5, 0.6) is 0 Å². The lowest BCUT2D eigenvalue weighted by atomic mass is 10.1. The van der Waals surface area contributed by atoms with Crippen molar-refractivity contribution in [2.45, 2.75) is 13.3 Å². The number of nitrogens with one attached hydrogen (secondary N) is 2. The molecular formula is C10H20N4O4. The zero-order valence-electron chi connectivity index (χ0n) is 10.6. The number of ether oxygens (including phenoxy) is 1. The number of nitrogens with two attached hydrogens (primary N) is 1. The first-order valence-electron chi connectivity index (χ1n) is 5.53. The Balaban J connectivity index is 3.77. The van der Waals surface area contributed by atoms with Crippen LogP contribution in [0.2, 0.25) is 0 Å². The van der Waals surface area contributed by atoms with E-state index in [1.165, 1.54) is 6.92 Å². The molecule has 0 fully saturated rings. The van der Waals surface area contributed by atoms with Crippen molar-refractivity contribution in [1.29, 1.82) is 0 Å². The highest BCUT2D eigenvalue weighted by Crippen LogP contribution is 1.94. The molecule has 0 rings (SSSR count). The average Bonchev–Trinajstić information content (AvgIpc) is 2.37. The number of amidine groups is 1. The van der Waals surface area contributed by atoms with E-state index in [9.17, 15) is 9.59 Å². The van der Waals surface area contributed by atoms with Crippen LogP contribution < -0.4 is 16.4 Å². The minimum Gasteiger partial charge on any atom is -0.409 e. The van der Waals surface area contributed by atoms with Gasteiger partial charge < -0.3 is 26.3 Å². The van der Waals surface area contributed by atoms with Crippen molar-refractivity contribution >= 4 is 17.6 Å². The normalized spacial score (nSPS) is 12.9. The Labute approximate surface area is 106 Å². The third-order valence-corrected chi connectivity index (χ3v) is 2.23. The second kappa shape index (κ2) is 9.23. The molecule has 0 aromatic heterocycles. The minimum atomic E-state index is -0.730. The van der Waals surface area contributed by atoms with E-state index in [0.717, 1.165) is 0 Å². The second-order valence-electron chi connectivity index (χ2n) is 3.63. The smallest absolute Gasteiger partial charge is 0.230 e. The van der Waals surface area contributed by atoms with E-state index in [4.69, 9.17) is 15.7 Å². The van der Waals surface area contributed by atoms with Crippen LogP contribution in [-0.2, 0) is 14.3 Å². The van der Waals surface area contributed by atoms with E-state index in [1.807, 2.05) is 0 Å². The van der Waals surface area contributed by atoms with Crippen molar-refractivity contribution in [2.75, 3.05) is 26.8 Å². The van der Waals surface area contributed by atoms with Crippen LogP contribution in [-0.4, -0.2) is 49.7 Å². The predicted molar refractivity (Wildman–Crippen MR) is 65.1 cm³/mol. The molecule has 8 nitrogen and oxygen atoms in total. The van der Waals surface area contributed by atoms with Crippen molar-refractivity contribution in [3.8, 4) is 0 Å². The van der Waals surface area contributed by atoms with Crippen molar-refractivity contribution in [3.05, 3.63) is 0 Å². The van der Waals surface area contributed by atoms with Gasteiger partial charge >= 0.3 is 0 Å². The summed E-state index contributed by atoms with van der Waals surface area (Å²) in [6.45, 7) is 2.58. The Morgan fingerprint density at radius 1 is 1.39 bits per heavy atom. The number of amides is 2. The summed E-state index contributed by atoms with van der Waals surface area (Å²) in [6, 6.07) is 0. The lowest BCUT2D eigenvalue weighted by Gasteiger charge is -2.10. The van der Waals surface area contributed by atoms with Gasteiger partial charge in [-0.1, -0.05) is 5.16 Å². The zero-order chi connectivity index (χ0) is 14.0. The number of nitrogens with zero attached hydrogens (tertiary/aromatic N) is 1. The summed E-state index contributed by atoms with van der Waals surface area (Å²) in [5.74, 6) is -1.47. The number of hydrogen-bond acceptors (Lipinski definition) is 5. The van der Waals surface area contributed by atoms with Gasteiger partial charge in [0, 0.05) is 26.6 Å². The van der Waals surface area contributed by atoms with Gasteiger partial charge in [-0.2, -0.15) is 0 Å². The van der Waals surface area contributed by atoms with Crippen LogP contribution in [0.3, 0.4) is 0 Å². The summed E-state index contributed by atoms with van der Waals surface area (Å²) >= 11 is 0. The van der Waals surface area contributed by atoms with Gasteiger partial charge in [0.1, 0.15) is 0 Å². The Kier molecular flexibility index (Phi) is 8.29. The predicted octanol–water partition coefficient (Wildman–Crippen LogP) is -1.36. The molecule has 0 radical (unpaired) electrons. The summed E-state index contributed by atoms with van der Waals surface area (Å²) < 4.78 is 4.77. The number of methoxy groups -OCH3 is 1. The van der Waals surface area contributed by atoms with Gasteiger partial charge in [0.15, 0.2) is 5.84 Å². The highest BCUT2D eigenvalue weighted by Gasteiger charge is 2.17. The van der Waals surface area contributed by atoms with Crippen LogP contribution in [0.25, 0.3) is 0 Å². The Morgan fingerprint density at radius 3 is 2.61 bits per heavy atom. The molecule has 0 aromatic rings. The van der Waals surface area contributed by atoms with E-state index in [1.54, 1.807) is 7.11 Å². The molecule has 0 spiro atoms. The van der Waals surface area contributed by atoms with Crippen molar-refractivity contribution in [1.82, 2.24) is 10.6 Å². The topological polar surface area (TPSA) is 126 Å². The molecule has 1 atom stereocenters. The zero-order valence-corrected chi connectivity index (χ0v) is 10.6. The Bertz CT molecular complexity index is 306. The summed E-state index contributed by atoms with van der Waals surface area (Å²) in [6.07, 6.45) is 0.165. The quantitative estimate of drug-likeness (QED) is 0.141. The summed E-state index contributed by atoms with van der Waals surface area (Å²) in [7, 11) is 1.54. The highest BCUT2D eigenvalue weighted by molar-refractivity contribution is 6.01. The molecular weight excluding hydrogens is 240 g/mol. The molecule has 0 aliphatic carbocycles. The molecule has 0 heterocycles. The first-order valence-corrected chi connectivity index (χ1v) is 5.53. The maximum Gasteiger partial charge on any atom is 0.230 e. The molecule has 0 aliphatic heterocycles. The van der Waals surface area contributed by atoms with Gasteiger partial charge in [0.2, 0.25) is 11.8 Å². The monoisotopic (exact) mass is 260 g/mol. The van der Waals surface area contributed by atoms with Crippen LogP contribution in [0.1, 0.15) is 13.3 Å². The summed E-state index contributed by atoms with van der Waals surface area (Å²) in [5, 5.41) is 16.3. The molecule has 104 valence electrons. The molecule has 0 bridgehead atoms. The lowest BCUT2D eigenvalue weighted by molar-refractivity contribution is -0.123. The first kappa shape index (κ1) is 16.2. The fourth-order valence-corrected chi connectivity index (χ4v) is 1.05. The molecule has 5 N–H and O–H groups in total. The van der Waals surface area contributed by atoms with Crippen molar-refractivity contribution in [2.24, 2.45) is 16.8 Å². The van der Waals surface area contributed by atoms with Crippen LogP contribution in [0.4, 0.5) is 0 Å². The molecule has 0 saturated carbocycles. The van der Waals surface area contributed by atoms with Gasteiger partial charge in [0.25, 0.3) is 0 Å². The van der Waals surface area contributed by atoms with Gasteiger partial charge in [-0.3, -0.25) is 9.59 Å². The van der Waals surface area contributed by atoms with E-state index in [-0.39, 0.29) is 24.7 Å². The maximum absolute atomic E-state index is 11.5. The van der Waals surface area contributed by atoms with Crippen LogP contribution in [0, 0.1) is 5.92 Å². The number of rotatable bonds is 8. The average molecular weight is 260 g/mol. The lowest BCUT2D eigenvalue weighted by Crippen LogP contribution is -2.39. The first-order chi connectivity index (χ1) is 8.52. The van der Waals surface area contributed by atoms with Gasteiger partial charge in [-0.15, -0.1) is 0 Å². The molecule has 0 saturated heterocycles. The number of hydrogen-bond donors (Lipinski definition) is 4. The maximum atomic E-state index is 11.5. The van der Waals surface area contributed by atoms with Crippen molar-refractivity contribution < 1.29 is 19.5 Å². The summed E-state index contributed by atoms with van der Waals surface area (Å²) in [4.78, 5) is 22.7. The third kappa shape index (κ3) is 6.69. The number of carbonyl (C=O) groups excluding carboxylic acids is 2. The third-order valence-electron chi connectivity index (χ3n) is 2.23. The molecule has 2 amide bonds. The van der Waals surface area contributed by atoms with E-state index in [0.29, 0.717) is 13.2 Å². The number of oxime groups is 1. The summed E-state index contributed by atoms with van der Waals surface area (Å²) in [5.41, 5.74) is 5.28. The van der Waals surface area contributed by atoms with Gasteiger partial charge in [-0.05, 0) is 6.92 Å². The Hall–Kier alpha value is -1.83. The largest absolute Gasteiger partial charge is 0.409 e. The standard InChI is InChI=1S/C10H20N4O4/c1-7(9(11)14-17)10(16)13-4-3-8(15)12-5-6-18-2/h7,17H,3-6H2,1-2H3,(H2,11,14)(H,12,15)(H,13,16). The van der Waals surface area contributed by atoms with E-state index in [2.05, 4.69) is 15.8 Å². The molecule has 18 heavy (non-hydrogen) atoms. The fraction of sp³-hybridized carbons (Fsp3) is 0.700. The van der Waals surface area contributed by atoms with Crippen LogP contribution in [0.15, 0.2) is 5.16 Å². The SMILES string of the molecule is COCCNC(=O)CCNC(=O)C(C)C(N)=NO. The molecule has 0 aromatic carbocycles.